The normalized spacial score (nSPS) is 12.5. The van der Waals surface area contributed by atoms with E-state index < -0.39 is 0 Å². The van der Waals surface area contributed by atoms with Gasteiger partial charge in [0.05, 0.1) is 8.66 Å². The number of thiophene rings is 1. The van der Waals surface area contributed by atoms with E-state index in [1.807, 2.05) is 12.1 Å². The predicted molar refractivity (Wildman–Crippen MR) is 68.9 cm³/mol. The Kier molecular flexibility index (Phi) is 5.64. The largest absolute Gasteiger partial charge is 0.351 e. The molecule has 1 atom stereocenters. The number of hydrogen-bond acceptors (Lipinski definition) is 2. The first-order valence-corrected chi connectivity index (χ1v) is 6.87. The van der Waals surface area contributed by atoms with Crippen LogP contribution in [0.1, 0.15) is 23.0 Å². The maximum Gasteiger partial charge on any atom is 0.261 e. The summed E-state index contributed by atoms with van der Waals surface area (Å²) >= 11 is 10.4. The molecule has 1 aromatic rings. The Bertz CT molecular complexity index is 329. The van der Waals surface area contributed by atoms with E-state index >= 15 is 0 Å². The van der Waals surface area contributed by atoms with E-state index in [-0.39, 0.29) is 5.91 Å². The van der Waals surface area contributed by atoms with Crippen molar-refractivity contribution in [3.8, 4) is 0 Å². The summed E-state index contributed by atoms with van der Waals surface area (Å²) in [5, 5.41) is 2.89. The summed E-state index contributed by atoms with van der Waals surface area (Å²) in [6.07, 6.45) is 0.927. The number of hydrogen-bond donors (Lipinski definition) is 1. The molecule has 0 saturated carbocycles. The third-order valence-electron chi connectivity index (χ3n) is 2.01. The molecule has 0 radical (unpaired) electrons. The Labute approximate surface area is 107 Å². The molecule has 0 aliphatic heterocycles. The van der Waals surface area contributed by atoms with Crippen LogP contribution >= 0.6 is 38.9 Å². The molecule has 0 spiro atoms. The van der Waals surface area contributed by atoms with Crippen LogP contribution in [0.15, 0.2) is 15.9 Å². The molecule has 0 saturated heterocycles. The van der Waals surface area contributed by atoms with Crippen LogP contribution in [0.2, 0.25) is 0 Å². The third kappa shape index (κ3) is 4.53. The van der Waals surface area contributed by atoms with Crippen LogP contribution in [0.4, 0.5) is 0 Å². The van der Waals surface area contributed by atoms with Gasteiger partial charge in [0.15, 0.2) is 0 Å². The van der Waals surface area contributed by atoms with E-state index in [4.69, 9.17) is 11.6 Å². The van der Waals surface area contributed by atoms with Crippen LogP contribution in [0.5, 0.6) is 0 Å². The summed E-state index contributed by atoms with van der Waals surface area (Å²) < 4.78 is 0.974. The van der Waals surface area contributed by atoms with Gasteiger partial charge in [-0.05, 0) is 40.4 Å². The first-order valence-electron chi connectivity index (χ1n) is 4.73. The van der Waals surface area contributed by atoms with E-state index in [2.05, 4.69) is 28.2 Å². The van der Waals surface area contributed by atoms with Crippen molar-refractivity contribution >= 4 is 44.8 Å². The van der Waals surface area contributed by atoms with Crippen molar-refractivity contribution in [3.63, 3.8) is 0 Å². The second-order valence-corrected chi connectivity index (χ2v) is 6.24. The van der Waals surface area contributed by atoms with E-state index in [1.54, 1.807) is 0 Å². The van der Waals surface area contributed by atoms with Crippen LogP contribution in [0, 0.1) is 5.92 Å². The molecule has 1 amide bonds. The second-order valence-electron chi connectivity index (χ2n) is 3.40. The van der Waals surface area contributed by atoms with Crippen molar-refractivity contribution in [2.45, 2.75) is 13.3 Å². The zero-order chi connectivity index (χ0) is 11.3. The van der Waals surface area contributed by atoms with E-state index in [1.165, 1.54) is 11.3 Å². The number of rotatable bonds is 5. The summed E-state index contributed by atoms with van der Waals surface area (Å²) in [5.41, 5.74) is 0. The fourth-order valence-corrected chi connectivity index (χ4v) is 2.75. The van der Waals surface area contributed by atoms with Gasteiger partial charge in [-0.3, -0.25) is 4.79 Å². The van der Waals surface area contributed by atoms with Crippen LogP contribution in [0.3, 0.4) is 0 Å². The number of carbonyl (C=O) groups excluding carboxylic acids is 1. The average molecular weight is 311 g/mol. The highest BCUT2D eigenvalue weighted by atomic mass is 79.9. The topological polar surface area (TPSA) is 29.1 Å². The minimum absolute atomic E-state index is 0.00729. The summed E-state index contributed by atoms with van der Waals surface area (Å²) in [6.45, 7) is 2.76. The maximum absolute atomic E-state index is 11.6. The smallest absolute Gasteiger partial charge is 0.261 e. The number of halogens is 2. The molecule has 1 unspecified atom stereocenters. The number of carbonyl (C=O) groups is 1. The summed E-state index contributed by atoms with van der Waals surface area (Å²) in [5.74, 6) is 1.06. The Morgan fingerprint density at radius 3 is 2.93 bits per heavy atom. The fraction of sp³-hybridized carbons (Fsp3) is 0.500. The zero-order valence-electron chi connectivity index (χ0n) is 8.43. The van der Waals surface area contributed by atoms with Gasteiger partial charge in [0, 0.05) is 12.4 Å². The number of amides is 1. The minimum Gasteiger partial charge on any atom is -0.351 e. The lowest BCUT2D eigenvalue weighted by atomic mass is 10.1. The van der Waals surface area contributed by atoms with Gasteiger partial charge in [-0.25, -0.2) is 0 Å². The van der Waals surface area contributed by atoms with E-state index in [0.717, 1.165) is 15.1 Å². The van der Waals surface area contributed by atoms with Gasteiger partial charge in [-0.1, -0.05) is 6.92 Å². The van der Waals surface area contributed by atoms with Crippen molar-refractivity contribution in [1.82, 2.24) is 5.32 Å². The Morgan fingerprint density at radius 2 is 2.40 bits per heavy atom. The minimum atomic E-state index is -0.00729. The maximum atomic E-state index is 11.6. The summed E-state index contributed by atoms with van der Waals surface area (Å²) in [6, 6.07) is 3.69. The molecule has 15 heavy (non-hydrogen) atoms. The van der Waals surface area contributed by atoms with Gasteiger partial charge < -0.3 is 5.32 Å². The average Bonchev–Trinajstić information content (AvgIpc) is 2.62. The molecule has 1 heterocycles. The van der Waals surface area contributed by atoms with Crippen LogP contribution in [-0.2, 0) is 0 Å². The molecule has 0 aliphatic rings. The van der Waals surface area contributed by atoms with Gasteiger partial charge in [0.1, 0.15) is 0 Å². The number of alkyl halides is 1. The second kappa shape index (κ2) is 6.51. The molecule has 1 aromatic heterocycles. The molecule has 1 N–H and O–H groups in total. The quantitative estimate of drug-likeness (QED) is 0.829. The predicted octanol–water partition coefficient (Wildman–Crippen LogP) is 3.51. The molecule has 2 nitrogen and oxygen atoms in total. The fourth-order valence-electron chi connectivity index (χ4n) is 1.08. The molecule has 5 heteroatoms. The van der Waals surface area contributed by atoms with Crippen LogP contribution < -0.4 is 5.32 Å². The molecule has 84 valence electrons. The SMILES string of the molecule is CC(CCCl)CNC(=O)c1ccc(Br)s1. The Morgan fingerprint density at radius 1 is 1.67 bits per heavy atom. The van der Waals surface area contributed by atoms with Crippen molar-refractivity contribution in [2.75, 3.05) is 12.4 Å². The lowest BCUT2D eigenvalue weighted by Gasteiger charge is -2.09. The Balaban J connectivity index is 2.36. The first-order chi connectivity index (χ1) is 7.13. The van der Waals surface area contributed by atoms with Gasteiger partial charge in [-0.15, -0.1) is 22.9 Å². The summed E-state index contributed by atoms with van der Waals surface area (Å²) in [4.78, 5) is 12.3. The first kappa shape index (κ1) is 13.0. The highest BCUT2D eigenvalue weighted by Crippen LogP contribution is 2.21. The van der Waals surface area contributed by atoms with E-state index in [0.29, 0.717) is 18.3 Å². The molecular weight excluding hydrogens is 298 g/mol. The van der Waals surface area contributed by atoms with Crippen LogP contribution in [0.25, 0.3) is 0 Å². The zero-order valence-corrected chi connectivity index (χ0v) is 11.6. The molecular formula is C10H13BrClNOS. The van der Waals surface area contributed by atoms with Crippen molar-refractivity contribution < 1.29 is 4.79 Å². The molecule has 0 bridgehead atoms. The standard InChI is InChI=1S/C10H13BrClNOS/c1-7(4-5-12)6-13-10(14)8-2-3-9(11)15-8/h2-3,7H,4-6H2,1H3,(H,13,14). The molecule has 1 rings (SSSR count). The highest BCUT2D eigenvalue weighted by molar-refractivity contribution is 9.11. The third-order valence-corrected chi connectivity index (χ3v) is 3.85. The van der Waals surface area contributed by atoms with Crippen LogP contribution in [-0.4, -0.2) is 18.3 Å². The molecule has 0 aromatic carbocycles. The van der Waals surface area contributed by atoms with Crippen molar-refractivity contribution in [3.05, 3.63) is 20.8 Å². The van der Waals surface area contributed by atoms with E-state index in [9.17, 15) is 4.79 Å². The van der Waals surface area contributed by atoms with Gasteiger partial charge in [0.2, 0.25) is 0 Å². The molecule has 0 fully saturated rings. The van der Waals surface area contributed by atoms with Gasteiger partial charge >= 0.3 is 0 Å². The summed E-state index contributed by atoms with van der Waals surface area (Å²) in [7, 11) is 0. The van der Waals surface area contributed by atoms with Crippen molar-refractivity contribution in [2.24, 2.45) is 5.92 Å². The lowest BCUT2D eigenvalue weighted by molar-refractivity contribution is 0.0952. The Hall–Kier alpha value is -0.0600. The molecule has 0 aliphatic carbocycles. The number of nitrogens with one attached hydrogen (secondary N) is 1. The highest BCUT2D eigenvalue weighted by Gasteiger charge is 2.09. The van der Waals surface area contributed by atoms with Gasteiger partial charge in [0.25, 0.3) is 5.91 Å². The lowest BCUT2D eigenvalue weighted by Crippen LogP contribution is -2.27. The van der Waals surface area contributed by atoms with Gasteiger partial charge in [-0.2, -0.15) is 0 Å². The van der Waals surface area contributed by atoms with Crippen molar-refractivity contribution in [1.29, 1.82) is 0 Å². The monoisotopic (exact) mass is 309 g/mol.